The molecule has 6 heteroatoms. The van der Waals surface area contributed by atoms with Gasteiger partial charge in [0.05, 0.1) is 17.3 Å². The normalized spacial score (nSPS) is 9.71. The maximum atomic E-state index is 12.1. The zero-order chi connectivity index (χ0) is 15.5. The monoisotopic (exact) mass is 289 g/mol. The summed E-state index contributed by atoms with van der Waals surface area (Å²) in [5, 5.41) is 13.8. The molecule has 0 saturated heterocycles. The molecule has 2 amide bonds. The van der Waals surface area contributed by atoms with E-state index < -0.39 is 5.91 Å². The van der Waals surface area contributed by atoms with Crippen molar-refractivity contribution in [1.29, 1.82) is 5.26 Å². The highest BCUT2D eigenvalue weighted by atomic mass is 16.5. The maximum absolute atomic E-state index is 12.1. The van der Waals surface area contributed by atoms with Crippen LogP contribution in [0.5, 0.6) is 0 Å². The lowest BCUT2D eigenvalue weighted by Crippen LogP contribution is -2.26. The quantitative estimate of drug-likeness (QED) is 0.712. The lowest BCUT2D eigenvalue weighted by Gasteiger charge is -2.10. The Kier molecular flexibility index (Phi) is 7.54. The number of para-hydroxylation sites is 1. The molecule has 1 rings (SSSR count). The molecule has 0 aliphatic carbocycles. The number of rotatable bonds is 8. The van der Waals surface area contributed by atoms with Crippen LogP contribution in [0.2, 0.25) is 0 Å². The second-order valence-corrected chi connectivity index (χ2v) is 4.24. The standard InChI is InChI=1S/C15H19N3O3/c1-2-21-11-5-10-17-15(20)12-6-3-4-7-13(12)18-14(19)8-9-16/h3-4,6-7H,2,5,8,10-11H2,1H3,(H,17,20)(H,18,19). The first-order valence-electron chi connectivity index (χ1n) is 6.80. The number of ether oxygens (including phenoxy) is 1. The van der Waals surface area contributed by atoms with Gasteiger partial charge in [-0.25, -0.2) is 0 Å². The summed E-state index contributed by atoms with van der Waals surface area (Å²) in [6.07, 6.45) is 0.479. The van der Waals surface area contributed by atoms with Crippen LogP contribution in [0.4, 0.5) is 5.69 Å². The summed E-state index contributed by atoms with van der Waals surface area (Å²) < 4.78 is 5.19. The van der Waals surface area contributed by atoms with Crippen molar-refractivity contribution in [2.24, 2.45) is 0 Å². The van der Waals surface area contributed by atoms with Crippen LogP contribution in [-0.4, -0.2) is 31.6 Å². The minimum atomic E-state index is -0.436. The molecular formula is C15H19N3O3. The number of hydrogen-bond acceptors (Lipinski definition) is 4. The van der Waals surface area contributed by atoms with Gasteiger partial charge in [0, 0.05) is 19.8 Å². The molecule has 0 radical (unpaired) electrons. The molecule has 0 aromatic heterocycles. The van der Waals surface area contributed by atoms with Crippen molar-refractivity contribution in [2.45, 2.75) is 19.8 Å². The van der Waals surface area contributed by atoms with Crippen LogP contribution in [0.3, 0.4) is 0 Å². The fourth-order valence-electron chi connectivity index (χ4n) is 1.67. The molecule has 0 aliphatic rings. The van der Waals surface area contributed by atoms with Crippen LogP contribution in [0, 0.1) is 11.3 Å². The van der Waals surface area contributed by atoms with E-state index in [9.17, 15) is 9.59 Å². The zero-order valence-electron chi connectivity index (χ0n) is 12.0. The predicted octanol–water partition coefficient (Wildman–Crippen LogP) is 1.70. The number of benzene rings is 1. The van der Waals surface area contributed by atoms with Crippen molar-refractivity contribution in [2.75, 3.05) is 25.1 Å². The number of anilines is 1. The Morgan fingerprint density at radius 1 is 1.33 bits per heavy atom. The summed E-state index contributed by atoms with van der Waals surface area (Å²) in [6, 6.07) is 8.45. The summed E-state index contributed by atoms with van der Waals surface area (Å²) in [5.41, 5.74) is 0.778. The van der Waals surface area contributed by atoms with E-state index in [0.717, 1.165) is 6.42 Å². The van der Waals surface area contributed by atoms with Gasteiger partial charge in [-0.1, -0.05) is 12.1 Å². The average molecular weight is 289 g/mol. The Labute approximate surface area is 124 Å². The van der Waals surface area contributed by atoms with Gasteiger partial charge in [-0.15, -0.1) is 0 Å². The summed E-state index contributed by atoms with van der Waals surface area (Å²) in [4.78, 5) is 23.5. The van der Waals surface area contributed by atoms with E-state index in [1.165, 1.54) is 0 Å². The Balaban J connectivity index is 2.59. The van der Waals surface area contributed by atoms with E-state index in [1.807, 2.05) is 6.92 Å². The number of nitriles is 1. The van der Waals surface area contributed by atoms with Gasteiger partial charge in [0.2, 0.25) is 5.91 Å². The van der Waals surface area contributed by atoms with Crippen molar-refractivity contribution in [1.82, 2.24) is 5.32 Å². The molecule has 0 fully saturated rings. The van der Waals surface area contributed by atoms with Gasteiger partial charge in [-0.05, 0) is 25.5 Å². The molecule has 0 heterocycles. The van der Waals surface area contributed by atoms with Crippen molar-refractivity contribution in [3.05, 3.63) is 29.8 Å². The first-order chi connectivity index (χ1) is 10.2. The van der Waals surface area contributed by atoms with Crippen molar-refractivity contribution in [3.8, 4) is 6.07 Å². The summed E-state index contributed by atoms with van der Waals surface area (Å²) >= 11 is 0. The topological polar surface area (TPSA) is 91.2 Å². The molecule has 0 spiro atoms. The van der Waals surface area contributed by atoms with Crippen LogP contribution in [0.15, 0.2) is 24.3 Å². The number of hydrogen-bond donors (Lipinski definition) is 2. The lowest BCUT2D eigenvalue weighted by atomic mass is 10.1. The number of carbonyl (C=O) groups is 2. The van der Waals surface area contributed by atoms with E-state index in [2.05, 4.69) is 10.6 Å². The minimum absolute atomic E-state index is 0.246. The zero-order valence-corrected chi connectivity index (χ0v) is 12.0. The summed E-state index contributed by atoms with van der Waals surface area (Å²) in [7, 11) is 0. The molecule has 0 atom stereocenters. The van der Waals surface area contributed by atoms with Gasteiger partial charge < -0.3 is 15.4 Å². The fraction of sp³-hybridized carbons (Fsp3) is 0.400. The predicted molar refractivity (Wildman–Crippen MR) is 78.7 cm³/mol. The third-order valence-corrected chi connectivity index (χ3v) is 2.64. The molecule has 0 bridgehead atoms. The number of nitrogens with zero attached hydrogens (tertiary/aromatic N) is 1. The molecule has 0 saturated carbocycles. The van der Waals surface area contributed by atoms with Gasteiger partial charge in [0.1, 0.15) is 6.42 Å². The molecule has 2 N–H and O–H groups in total. The Bertz CT molecular complexity index is 523. The van der Waals surface area contributed by atoms with Crippen LogP contribution < -0.4 is 10.6 Å². The van der Waals surface area contributed by atoms with Gasteiger partial charge >= 0.3 is 0 Å². The maximum Gasteiger partial charge on any atom is 0.253 e. The molecule has 0 aliphatic heterocycles. The number of amides is 2. The van der Waals surface area contributed by atoms with E-state index in [1.54, 1.807) is 30.3 Å². The number of carbonyl (C=O) groups excluding carboxylic acids is 2. The third kappa shape index (κ3) is 6.06. The van der Waals surface area contributed by atoms with E-state index >= 15 is 0 Å². The SMILES string of the molecule is CCOCCCNC(=O)c1ccccc1NC(=O)CC#N. The van der Waals surface area contributed by atoms with Gasteiger partial charge in [0.25, 0.3) is 5.91 Å². The second-order valence-electron chi connectivity index (χ2n) is 4.24. The van der Waals surface area contributed by atoms with Crippen molar-refractivity contribution in [3.63, 3.8) is 0 Å². The average Bonchev–Trinajstić information content (AvgIpc) is 2.47. The smallest absolute Gasteiger partial charge is 0.253 e. The highest BCUT2D eigenvalue weighted by Crippen LogP contribution is 2.15. The molecule has 6 nitrogen and oxygen atoms in total. The Morgan fingerprint density at radius 3 is 2.81 bits per heavy atom. The molecule has 1 aromatic rings. The van der Waals surface area contributed by atoms with Crippen molar-refractivity contribution >= 4 is 17.5 Å². The molecule has 112 valence electrons. The Morgan fingerprint density at radius 2 is 2.10 bits per heavy atom. The highest BCUT2D eigenvalue weighted by Gasteiger charge is 2.12. The first kappa shape index (κ1) is 16.7. The highest BCUT2D eigenvalue weighted by molar-refractivity contribution is 6.04. The van der Waals surface area contributed by atoms with Gasteiger partial charge in [0.15, 0.2) is 0 Å². The molecule has 1 aromatic carbocycles. The fourth-order valence-corrected chi connectivity index (χ4v) is 1.67. The van der Waals surface area contributed by atoms with Crippen molar-refractivity contribution < 1.29 is 14.3 Å². The van der Waals surface area contributed by atoms with Gasteiger partial charge in [-0.3, -0.25) is 9.59 Å². The first-order valence-corrected chi connectivity index (χ1v) is 6.80. The van der Waals surface area contributed by atoms with Crippen LogP contribution >= 0.6 is 0 Å². The van der Waals surface area contributed by atoms with Crippen LogP contribution in [-0.2, 0) is 9.53 Å². The van der Waals surface area contributed by atoms with E-state index in [-0.39, 0.29) is 12.3 Å². The molecular weight excluding hydrogens is 270 g/mol. The second kappa shape index (κ2) is 9.50. The minimum Gasteiger partial charge on any atom is -0.382 e. The lowest BCUT2D eigenvalue weighted by molar-refractivity contribution is -0.115. The largest absolute Gasteiger partial charge is 0.382 e. The Hall–Kier alpha value is -2.39. The van der Waals surface area contributed by atoms with E-state index in [0.29, 0.717) is 31.0 Å². The summed E-state index contributed by atoms with van der Waals surface area (Å²) in [5.74, 6) is -0.701. The van der Waals surface area contributed by atoms with Crippen LogP contribution in [0.25, 0.3) is 0 Å². The molecule has 0 unspecified atom stereocenters. The third-order valence-electron chi connectivity index (χ3n) is 2.64. The van der Waals surface area contributed by atoms with Crippen LogP contribution in [0.1, 0.15) is 30.1 Å². The van der Waals surface area contributed by atoms with E-state index in [4.69, 9.17) is 10.00 Å². The number of nitrogens with one attached hydrogen (secondary N) is 2. The van der Waals surface area contributed by atoms with Gasteiger partial charge in [-0.2, -0.15) is 5.26 Å². The molecule has 21 heavy (non-hydrogen) atoms. The summed E-state index contributed by atoms with van der Waals surface area (Å²) in [6.45, 7) is 3.66.